The second-order valence-corrected chi connectivity index (χ2v) is 10.2. The quantitative estimate of drug-likeness (QED) is 0.317. The molecule has 1 N–H and O–H groups in total. The predicted octanol–water partition coefficient (Wildman–Crippen LogP) is 6.81. The zero-order valence-corrected chi connectivity index (χ0v) is 22.1. The Morgan fingerprint density at radius 1 is 1.24 bits per heavy atom. The van der Waals surface area contributed by atoms with Gasteiger partial charge in [0.1, 0.15) is 11.9 Å². The molecule has 1 fully saturated rings. The van der Waals surface area contributed by atoms with Crippen LogP contribution in [0.2, 0.25) is 10.0 Å². The van der Waals surface area contributed by atoms with Crippen LogP contribution >= 0.6 is 23.2 Å². The fourth-order valence-corrected chi connectivity index (χ4v) is 5.49. The number of halogens is 3. The van der Waals surface area contributed by atoms with Gasteiger partial charge in [-0.25, -0.2) is 4.39 Å². The SMILES string of the molecule is COc1ccc2nccc([C@@H](F)CC[C@@H]3CCN(CC#Cc4ccc(Cl)cc4Cl)C[C@@H]3CC(=O)O)c2c1. The van der Waals surface area contributed by atoms with Gasteiger partial charge in [0.25, 0.3) is 0 Å². The number of pyridine rings is 1. The summed E-state index contributed by atoms with van der Waals surface area (Å²) in [6.45, 7) is 1.92. The Hall–Kier alpha value is -2.85. The van der Waals surface area contributed by atoms with E-state index >= 15 is 4.39 Å². The average molecular weight is 543 g/mol. The summed E-state index contributed by atoms with van der Waals surface area (Å²) in [7, 11) is 1.58. The number of nitrogens with zero attached hydrogens (tertiary/aromatic N) is 2. The molecule has 5 nitrogen and oxygen atoms in total. The van der Waals surface area contributed by atoms with Crippen molar-refractivity contribution in [2.24, 2.45) is 11.8 Å². The second-order valence-electron chi connectivity index (χ2n) is 9.40. The first-order valence-electron chi connectivity index (χ1n) is 12.3. The van der Waals surface area contributed by atoms with Gasteiger partial charge in [-0.2, -0.15) is 0 Å². The number of likely N-dealkylation sites (tertiary alicyclic amines) is 1. The molecule has 0 unspecified atom stereocenters. The van der Waals surface area contributed by atoms with Gasteiger partial charge in [-0.3, -0.25) is 14.7 Å². The van der Waals surface area contributed by atoms with Gasteiger partial charge in [0, 0.05) is 35.1 Å². The largest absolute Gasteiger partial charge is 0.497 e. The monoisotopic (exact) mass is 542 g/mol. The summed E-state index contributed by atoms with van der Waals surface area (Å²) in [5.74, 6) is 6.11. The lowest BCUT2D eigenvalue weighted by Crippen LogP contribution is -2.41. The molecule has 1 aliphatic heterocycles. The lowest BCUT2D eigenvalue weighted by molar-refractivity contribution is -0.139. The summed E-state index contributed by atoms with van der Waals surface area (Å²) >= 11 is 12.1. The smallest absolute Gasteiger partial charge is 0.303 e. The van der Waals surface area contributed by atoms with Crippen LogP contribution in [0.15, 0.2) is 48.7 Å². The van der Waals surface area contributed by atoms with Gasteiger partial charge in [-0.15, -0.1) is 0 Å². The molecule has 1 aliphatic rings. The van der Waals surface area contributed by atoms with Crippen molar-refractivity contribution in [2.45, 2.75) is 31.9 Å². The van der Waals surface area contributed by atoms with E-state index < -0.39 is 12.1 Å². The van der Waals surface area contributed by atoms with E-state index in [1.165, 1.54) is 0 Å². The first-order chi connectivity index (χ1) is 17.8. The van der Waals surface area contributed by atoms with Crippen LogP contribution in [0.3, 0.4) is 0 Å². The number of aromatic nitrogens is 1. The first kappa shape index (κ1) is 27.2. The number of fused-ring (bicyclic) bond motifs is 1. The van der Waals surface area contributed by atoms with Crippen molar-refractivity contribution in [3.63, 3.8) is 0 Å². The maximum absolute atomic E-state index is 15.5. The molecule has 0 spiro atoms. The number of alkyl halides is 1. The van der Waals surface area contributed by atoms with Crippen LogP contribution in [-0.4, -0.2) is 47.7 Å². The molecule has 0 aliphatic carbocycles. The number of aliphatic carboxylic acids is 1. The Balaban J connectivity index is 1.39. The van der Waals surface area contributed by atoms with Crippen molar-refractivity contribution in [1.82, 2.24) is 9.88 Å². The van der Waals surface area contributed by atoms with Gasteiger partial charge < -0.3 is 9.84 Å². The zero-order chi connectivity index (χ0) is 26.4. The van der Waals surface area contributed by atoms with Crippen molar-refractivity contribution in [3.05, 3.63) is 69.8 Å². The van der Waals surface area contributed by atoms with Gasteiger partial charge in [-0.05, 0) is 85.7 Å². The van der Waals surface area contributed by atoms with Crippen LogP contribution in [0.1, 0.15) is 43.0 Å². The highest BCUT2D eigenvalue weighted by atomic mass is 35.5. The van der Waals surface area contributed by atoms with E-state index in [9.17, 15) is 9.90 Å². The van der Waals surface area contributed by atoms with Crippen molar-refractivity contribution >= 4 is 40.1 Å². The highest BCUT2D eigenvalue weighted by Crippen LogP contribution is 2.36. The summed E-state index contributed by atoms with van der Waals surface area (Å²) < 4.78 is 20.8. The minimum Gasteiger partial charge on any atom is -0.497 e. The molecule has 194 valence electrons. The van der Waals surface area contributed by atoms with Gasteiger partial charge in [-0.1, -0.05) is 35.0 Å². The van der Waals surface area contributed by atoms with Gasteiger partial charge in [0.2, 0.25) is 0 Å². The highest BCUT2D eigenvalue weighted by molar-refractivity contribution is 6.35. The minimum absolute atomic E-state index is 0.0595. The van der Waals surface area contributed by atoms with Gasteiger partial charge >= 0.3 is 5.97 Å². The van der Waals surface area contributed by atoms with Crippen molar-refractivity contribution in [3.8, 4) is 17.6 Å². The first-order valence-corrected chi connectivity index (χ1v) is 13.0. The lowest BCUT2D eigenvalue weighted by Gasteiger charge is -2.37. The molecule has 0 bridgehead atoms. The number of carbonyl (C=O) groups is 1. The molecule has 0 amide bonds. The molecule has 3 atom stereocenters. The van der Waals surface area contributed by atoms with Crippen LogP contribution < -0.4 is 4.74 Å². The number of rotatable bonds is 8. The Kier molecular flexibility index (Phi) is 9.26. The number of hydrogen-bond acceptors (Lipinski definition) is 4. The Labute approximate surface area is 226 Å². The maximum Gasteiger partial charge on any atom is 0.303 e. The predicted molar refractivity (Wildman–Crippen MR) is 145 cm³/mol. The molecule has 2 aromatic carbocycles. The molecular formula is C29H29Cl2FN2O3. The summed E-state index contributed by atoms with van der Waals surface area (Å²) in [5.41, 5.74) is 2.02. The fourth-order valence-electron chi connectivity index (χ4n) is 5.04. The minimum atomic E-state index is -1.17. The number of benzene rings is 2. The summed E-state index contributed by atoms with van der Waals surface area (Å²) in [6.07, 6.45) is 2.26. The highest BCUT2D eigenvalue weighted by Gasteiger charge is 2.31. The van der Waals surface area contributed by atoms with E-state index in [2.05, 4.69) is 21.7 Å². The molecule has 0 radical (unpaired) electrons. The van der Waals surface area contributed by atoms with Crippen LogP contribution in [0.4, 0.5) is 4.39 Å². The zero-order valence-electron chi connectivity index (χ0n) is 20.6. The van der Waals surface area contributed by atoms with Crippen LogP contribution in [-0.2, 0) is 4.79 Å². The molecular weight excluding hydrogens is 514 g/mol. The molecule has 4 rings (SSSR count). The third kappa shape index (κ3) is 7.13. The molecule has 1 saturated heterocycles. The Morgan fingerprint density at radius 2 is 2.08 bits per heavy atom. The number of carboxylic acid groups (broad SMARTS) is 1. The van der Waals surface area contributed by atoms with E-state index in [0.29, 0.717) is 52.9 Å². The molecule has 2 heterocycles. The number of hydrogen-bond donors (Lipinski definition) is 1. The fraction of sp³-hybridized carbons (Fsp3) is 0.379. The summed E-state index contributed by atoms with van der Waals surface area (Å²) in [5, 5.41) is 11.3. The normalized spacial score (nSPS) is 18.7. The topological polar surface area (TPSA) is 62.7 Å². The van der Waals surface area contributed by atoms with Crippen LogP contribution in [0.25, 0.3) is 10.9 Å². The standard InChI is InChI=1S/C29H29Cl2FN2O3/c1-37-23-7-9-28-25(17-23)24(10-12-33-28)27(32)8-5-19-11-14-34(18-21(19)15-29(35)36)13-2-3-20-4-6-22(30)16-26(20)31/h4,6-7,9-10,12,16-17,19,21,27H,5,8,11,13-15,18H2,1H3,(H,35,36)/t19-,21+,27+/m1/s1. The van der Waals surface area contributed by atoms with Gasteiger partial charge in [0.15, 0.2) is 0 Å². The molecule has 1 aromatic heterocycles. The van der Waals surface area contributed by atoms with Crippen molar-refractivity contribution in [1.29, 1.82) is 0 Å². The Morgan fingerprint density at radius 3 is 2.84 bits per heavy atom. The average Bonchev–Trinajstić information content (AvgIpc) is 2.88. The number of carboxylic acids is 1. The third-order valence-corrected chi connectivity index (χ3v) is 7.53. The van der Waals surface area contributed by atoms with E-state index in [0.717, 1.165) is 23.9 Å². The van der Waals surface area contributed by atoms with Crippen LogP contribution in [0.5, 0.6) is 5.75 Å². The molecule has 0 saturated carbocycles. The van der Waals surface area contributed by atoms with E-state index in [1.807, 2.05) is 18.2 Å². The third-order valence-electron chi connectivity index (χ3n) is 6.98. The van der Waals surface area contributed by atoms with Gasteiger partial charge in [0.05, 0.1) is 24.2 Å². The molecule has 3 aromatic rings. The molecule has 37 heavy (non-hydrogen) atoms. The Bertz CT molecular complexity index is 1320. The van der Waals surface area contributed by atoms with E-state index in [1.54, 1.807) is 37.6 Å². The summed E-state index contributed by atoms with van der Waals surface area (Å²) in [6, 6.07) is 12.4. The lowest BCUT2D eigenvalue weighted by atomic mass is 9.79. The summed E-state index contributed by atoms with van der Waals surface area (Å²) in [4.78, 5) is 18.1. The number of piperidine rings is 1. The van der Waals surface area contributed by atoms with E-state index in [4.69, 9.17) is 27.9 Å². The van der Waals surface area contributed by atoms with Crippen molar-refractivity contribution < 1.29 is 19.0 Å². The number of methoxy groups -OCH3 is 1. The second kappa shape index (κ2) is 12.6. The van der Waals surface area contributed by atoms with Crippen molar-refractivity contribution in [2.75, 3.05) is 26.7 Å². The maximum atomic E-state index is 15.5. The van der Waals surface area contributed by atoms with E-state index in [-0.39, 0.29) is 18.3 Å². The molecule has 8 heteroatoms. The van der Waals surface area contributed by atoms with Crippen LogP contribution in [0, 0.1) is 23.7 Å². The number of ether oxygens (including phenoxy) is 1.